The molecule has 0 aromatic heterocycles. The molecule has 9 nitrogen and oxygen atoms in total. The van der Waals surface area contributed by atoms with E-state index in [2.05, 4.69) is 21.1 Å². The number of amides is 2. The number of benzene rings is 1. The van der Waals surface area contributed by atoms with Crippen LogP contribution >= 0.6 is 0 Å². The van der Waals surface area contributed by atoms with Crippen molar-refractivity contribution < 1.29 is 18.1 Å². The molecule has 2 heterocycles. The average Bonchev–Trinajstić information content (AvgIpc) is 3.46. The summed E-state index contributed by atoms with van der Waals surface area (Å²) in [4.78, 5) is 31.9. The third kappa shape index (κ3) is 7.12. The highest BCUT2D eigenvalue weighted by Gasteiger charge is 2.28. The van der Waals surface area contributed by atoms with E-state index >= 15 is 0 Å². The van der Waals surface area contributed by atoms with Gasteiger partial charge in [0, 0.05) is 50.3 Å². The number of carbonyl (C=O) groups excluding carboxylic acids is 2. The van der Waals surface area contributed by atoms with Crippen molar-refractivity contribution in [3.63, 3.8) is 0 Å². The topological polar surface area (TPSA) is 112 Å². The summed E-state index contributed by atoms with van der Waals surface area (Å²) in [6.45, 7) is 4.83. The molecular formula is C21H31N5O4S. The van der Waals surface area contributed by atoms with Crippen LogP contribution in [0, 0.1) is 0 Å². The fourth-order valence-corrected chi connectivity index (χ4v) is 4.01. The summed E-state index contributed by atoms with van der Waals surface area (Å²) in [7, 11) is 0. The lowest BCUT2D eigenvalue weighted by Gasteiger charge is -2.25. The maximum Gasteiger partial charge on any atom is 0.245 e. The lowest BCUT2D eigenvalue weighted by Crippen LogP contribution is -2.49. The first kappa shape index (κ1) is 23.4. The quantitative estimate of drug-likeness (QED) is 0.443. The first-order chi connectivity index (χ1) is 14.9. The van der Waals surface area contributed by atoms with E-state index in [-0.39, 0.29) is 24.3 Å². The third-order valence-electron chi connectivity index (χ3n) is 5.25. The van der Waals surface area contributed by atoms with E-state index < -0.39 is 17.1 Å². The van der Waals surface area contributed by atoms with Crippen molar-refractivity contribution in [2.24, 2.45) is 4.99 Å². The number of likely N-dealkylation sites (tertiary alicyclic amines) is 1. The van der Waals surface area contributed by atoms with E-state index in [4.69, 9.17) is 4.28 Å². The zero-order chi connectivity index (χ0) is 22.2. The minimum absolute atomic E-state index is 0.0525. The molecule has 0 saturated carbocycles. The smallest absolute Gasteiger partial charge is 0.245 e. The van der Waals surface area contributed by atoms with Crippen molar-refractivity contribution in [1.82, 2.24) is 21.0 Å². The Hall–Kier alpha value is -2.30. The van der Waals surface area contributed by atoms with E-state index in [0.29, 0.717) is 6.42 Å². The molecule has 1 saturated heterocycles. The van der Waals surface area contributed by atoms with E-state index in [0.717, 1.165) is 56.0 Å². The van der Waals surface area contributed by atoms with Crippen molar-refractivity contribution in [2.45, 2.75) is 44.7 Å². The number of nitrogens with one attached hydrogen (secondary N) is 3. The molecule has 31 heavy (non-hydrogen) atoms. The predicted molar refractivity (Wildman–Crippen MR) is 120 cm³/mol. The zero-order valence-electron chi connectivity index (χ0n) is 18.1. The minimum atomic E-state index is -1.47. The maximum atomic E-state index is 13.1. The monoisotopic (exact) mass is 449 g/mol. The summed E-state index contributed by atoms with van der Waals surface area (Å²) in [5, 5.41) is 6.14. The molecule has 0 aliphatic carbocycles. The summed E-state index contributed by atoms with van der Waals surface area (Å²) < 4.78 is 15.9. The van der Waals surface area contributed by atoms with Crippen molar-refractivity contribution in [2.75, 3.05) is 32.4 Å². The molecule has 3 rings (SSSR count). The molecule has 2 aliphatic rings. The molecule has 10 heteroatoms. The molecule has 0 bridgehead atoms. The van der Waals surface area contributed by atoms with Gasteiger partial charge in [0.15, 0.2) is 11.1 Å². The first-order valence-corrected chi connectivity index (χ1v) is 12.1. The van der Waals surface area contributed by atoms with Crippen molar-refractivity contribution in [1.29, 1.82) is 0 Å². The van der Waals surface area contributed by atoms with Crippen LogP contribution in [-0.2, 0) is 31.4 Å². The van der Waals surface area contributed by atoms with Gasteiger partial charge in [-0.15, -0.1) is 0 Å². The van der Waals surface area contributed by atoms with Crippen LogP contribution in [-0.4, -0.2) is 71.3 Å². The van der Waals surface area contributed by atoms with E-state index in [1.54, 1.807) is 6.92 Å². The first-order valence-electron chi connectivity index (χ1n) is 10.6. The number of hydrogen-bond donors (Lipinski definition) is 3. The van der Waals surface area contributed by atoms with Gasteiger partial charge >= 0.3 is 0 Å². The molecule has 1 fully saturated rings. The number of nitrogens with zero attached hydrogens (tertiary/aromatic N) is 2. The summed E-state index contributed by atoms with van der Waals surface area (Å²) >= 11 is -1.47. The third-order valence-corrected chi connectivity index (χ3v) is 5.58. The predicted octanol–water partition coefficient (Wildman–Crippen LogP) is 0.279. The number of hydrogen-bond acceptors (Lipinski definition) is 7. The van der Waals surface area contributed by atoms with Crippen LogP contribution in [0.25, 0.3) is 0 Å². The van der Waals surface area contributed by atoms with Crippen LogP contribution in [0.4, 0.5) is 0 Å². The van der Waals surface area contributed by atoms with Crippen LogP contribution < -0.4 is 16.1 Å². The fourth-order valence-electron chi connectivity index (χ4n) is 3.71. The van der Waals surface area contributed by atoms with Crippen molar-refractivity contribution >= 4 is 28.7 Å². The summed E-state index contributed by atoms with van der Waals surface area (Å²) in [5.74, 6) is 0.578. The summed E-state index contributed by atoms with van der Waals surface area (Å²) in [5.41, 5.74) is 4.56. The van der Waals surface area contributed by atoms with Crippen molar-refractivity contribution in [3.8, 4) is 0 Å². The van der Waals surface area contributed by atoms with E-state index in [1.807, 2.05) is 29.2 Å². The van der Waals surface area contributed by atoms with Crippen LogP contribution in [0.3, 0.4) is 0 Å². The molecule has 2 aliphatic heterocycles. The number of aliphatic imine (C=N–C) groups is 1. The molecule has 2 amide bonds. The Balaban J connectivity index is 1.63. The fraction of sp³-hybridized carbons (Fsp3) is 0.571. The van der Waals surface area contributed by atoms with Crippen LogP contribution in [0.5, 0.6) is 0 Å². The van der Waals surface area contributed by atoms with Gasteiger partial charge in [0.25, 0.3) is 0 Å². The van der Waals surface area contributed by atoms with Gasteiger partial charge < -0.3 is 15.5 Å². The molecule has 0 radical (unpaired) electrons. The molecule has 1 aromatic carbocycles. The average molecular weight is 450 g/mol. The lowest BCUT2D eigenvalue weighted by atomic mass is 10.0. The number of rotatable bonds is 10. The highest BCUT2D eigenvalue weighted by Crippen LogP contribution is 2.14. The second-order valence-electron chi connectivity index (χ2n) is 7.92. The van der Waals surface area contributed by atoms with Gasteiger partial charge in [-0.05, 0) is 25.3 Å². The Morgan fingerprint density at radius 2 is 1.97 bits per heavy atom. The number of hydroxylamine groups is 1. The van der Waals surface area contributed by atoms with Gasteiger partial charge in [-0.2, -0.15) is 5.48 Å². The normalized spacial score (nSPS) is 18.8. The molecule has 3 N–H and O–H groups in total. The maximum absolute atomic E-state index is 13.1. The molecule has 170 valence electrons. The van der Waals surface area contributed by atoms with Gasteiger partial charge in [0.05, 0.1) is 6.54 Å². The molecular weight excluding hydrogens is 418 g/mol. The second kappa shape index (κ2) is 11.4. The van der Waals surface area contributed by atoms with Gasteiger partial charge in [0.2, 0.25) is 11.8 Å². The SMILES string of the molecule is CC(CC(=O)NC(Cc1ccc(C2=NCCN2)cc1)C(=O)N1CCCC1)NOS(C)=O. The molecule has 0 spiro atoms. The van der Waals surface area contributed by atoms with Crippen LogP contribution in [0.15, 0.2) is 29.3 Å². The van der Waals surface area contributed by atoms with Gasteiger partial charge in [-0.3, -0.25) is 14.6 Å². The second-order valence-corrected chi connectivity index (χ2v) is 8.89. The minimum Gasteiger partial charge on any atom is -0.368 e. The summed E-state index contributed by atoms with van der Waals surface area (Å²) in [6.07, 6.45) is 3.89. The number of amidine groups is 1. The Labute approximate surface area is 185 Å². The van der Waals surface area contributed by atoms with Gasteiger partial charge in [0.1, 0.15) is 11.9 Å². The standard InChI is InChI=1S/C21H31N5O4S/c1-15(25-30-31(2)29)13-19(27)24-18(21(28)26-11-3-4-12-26)14-16-5-7-17(8-6-16)20-22-9-10-23-20/h5-8,15,18,25H,3-4,9-14H2,1-2H3,(H,22,23)(H,24,27). The number of carbonyl (C=O) groups is 2. The highest BCUT2D eigenvalue weighted by molar-refractivity contribution is 7.79. The van der Waals surface area contributed by atoms with Gasteiger partial charge in [-0.25, -0.2) is 8.49 Å². The largest absolute Gasteiger partial charge is 0.368 e. The Kier molecular flexibility index (Phi) is 8.56. The van der Waals surface area contributed by atoms with Crippen LogP contribution in [0.2, 0.25) is 0 Å². The van der Waals surface area contributed by atoms with Crippen molar-refractivity contribution in [3.05, 3.63) is 35.4 Å². The molecule has 3 unspecified atom stereocenters. The lowest BCUT2D eigenvalue weighted by molar-refractivity contribution is -0.135. The van der Waals surface area contributed by atoms with E-state index in [9.17, 15) is 13.8 Å². The van der Waals surface area contributed by atoms with Crippen LogP contribution in [0.1, 0.15) is 37.3 Å². The Bertz CT molecular complexity index is 824. The van der Waals surface area contributed by atoms with E-state index in [1.165, 1.54) is 6.26 Å². The zero-order valence-corrected chi connectivity index (χ0v) is 18.9. The molecule has 1 aromatic rings. The summed E-state index contributed by atoms with van der Waals surface area (Å²) in [6, 6.07) is 6.95. The highest BCUT2D eigenvalue weighted by atomic mass is 32.2. The molecule has 3 atom stereocenters. The Morgan fingerprint density at radius 1 is 1.26 bits per heavy atom. The Morgan fingerprint density at radius 3 is 2.58 bits per heavy atom. The van der Waals surface area contributed by atoms with Gasteiger partial charge in [-0.1, -0.05) is 24.3 Å².